The fourth-order valence-electron chi connectivity index (χ4n) is 2.14. The third-order valence-electron chi connectivity index (χ3n) is 3.29. The first-order valence-corrected chi connectivity index (χ1v) is 8.45. The van der Waals surface area contributed by atoms with Gasteiger partial charge in [0.25, 0.3) is 0 Å². The van der Waals surface area contributed by atoms with Crippen LogP contribution in [0.15, 0.2) is 30.3 Å². The van der Waals surface area contributed by atoms with E-state index in [0.29, 0.717) is 0 Å². The Balaban J connectivity index is 2.57. The van der Waals surface area contributed by atoms with Crippen molar-refractivity contribution in [2.75, 3.05) is 7.11 Å². The first-order valence-electron chi connectivity index (χ1n) is 8.45. The van der Waals surface area contributed by atoms with Crippen molar-refractivity contribution >= 4 is 18.0 Å². The van der Waals surface area contributed by atoms with Crippen LogP contribution in [0.5, 0.6) is 0 Å². The first kappa shape index (κ1) is 21.5. The van der Waals surface area contributed by atoms with Gasteiger partial charge in [-0.1, -0.05) is 30.3 Å². The Morgan fingerprint density at radius 2 is 1.73 bits per heavy atom. The van der Waals surface area contributed by atoms with Crippen LogP contribution in [0, 0.1) is 0 Å². The average Bonchev–Trinajstić information content (AvgIpc) is 2.56. The molecule has 0 heterocycles. The minimum atomic E-state index is -0.660. The Hall–Kier alpha value is -2.57. The van der Waals surface area contributed by atoms with Gasteiger partial charge < -0.3 is 19.5 Å². The number of hydrogen-bond donors (Lipinski definition) is 1. The van der Waals surface area contributed by atoms with Gasteiger partial charge in [0, 0.05) is 12.5 Å². The van der Waals surface area contributed by atoms with Crippen molar-refractivity contribution in [1.29, 1.82) is 0 Å². The minimum Gasteiger partial charge on any atom is -0.469 e. The van der Waals surface area contributed by atoms with Crippen molar-refractivity contribution in [3.05, 3.63) is 35.9 Å². The van der Waals surface area contributed by atoms with E-state index in [9.17, 15) is 14.4 Å². The SMILES string of the molecule is COC(=O)CC[C@H](CC(=O)OC(C)(C)C)NC(=O)OCc1ccccc1. The molecule has 0 aliphatic heterocycles. The predicted octanol–water partition coefficient (Wildman–Crippen LogP) is 2.97. The summed E-state index contributed by atoms with van der Waals surface area (Å²) < 4.78 is 15.0. The smallest absolute Gasteiger partial charge is 0.407 e. The number of rotatable bonds is 8. The summed E-state index contributed by atoms with van der Waals surface area (Å²) in [6, 6.07) is 8.64. The van der Waals surface area contributed by atoms with E-state index in [1.165, 1.54) is 7.11 Å². The quantitative estimate of drug-likeness (QED) is 0.563. The van der Waals surface area contributed by atoms with E-state index in [1.54, 1.807) is 20.8 Å². The zero-order valence-electron chi connectivity index (χ0n) is 15.7. The van der Waals surface area contributed by atoms with Gasteiger partial charge in [-0.25, -0.2) is 4.79 Å². The lowest BCUT2D eigenvalue weighted by Gasteiger charge is -2.22. The highest BCUT2D eigenvalue weighted by Crippen LogP contribution is 2.12. The molecular weight excluding hydrogens is 338 g/mol. The molecule has 0 unspecified atom stereocenters. The first-order chi connectivity index (χ1) is 12.2. The Morgan fingerprint density at radius 1 is 1.08 bits per heavy atom. The summed E-state index contributed by atoms with van der Waals surface area (Å²) in [5.41, 5.74) is 0.221. The number of benzene rings is 1. The van der Waals surface area contributed by atoms with Crippen LogP contribution in [-0.2, 0) is 30.4 Å². The standard InChI is InChI=1S/C19H27NO6/c1-19(2,3)26-17(22)12-15(10-11-16(21)24-4)20-18(23)25-13-14-8-6-5-7-9-14/h5-9,15H,10-13H2,1-4H3,(H,20,23)/t15-/m1/s1. The van der Waals surface area contributed by atoms with Crippen LogP contribution in [0.3, 0.4) is 0 Å². The normalized spacial score (nSPS) is 12.0. The van der Waals surface area contributed by atoms with E-state index >= 15 is 0 Å². The van der Waals surface area contributed by atoms with Crippen molar-refractivity contribution in [3.63, 3.8) is 0 Å². The monoisotopic (exact) mass is 365 g/mol. The number of carbonyl (C=O) groups is 3. The maximum absolute atomic E-state index is 12.0. The van der Waals surface area contributed by atoms with E-state index in [1.807, 2.05) is 30.3 Å². The summed E-state index contributed by atoms with van der Waals surface area (Å²) >= 11 is 0. The number of nitrogens with one attached hydrogen (secondary N) is 1. The van der Waals surface area contributed by atoms with E-state index < -0.39 is 29.7 Å². The Morgan fingerprint density at radius 3 is 2.31 bits per heavy atom. The van der Waals surface area contributed by atoms with Crippen LogP contribution < -0.4 is 5.32 Å². The van der Waals surface area contributed by atoms with Gasteiger partial charge in [0.1, 0.15) is 12.2 Å². The Kier molecular flexibility index (Phi) is 8.61. The lowest BCUT2D eigenvalue weighted by molar-refractivity contribution is -0.155. The summed E-state index contributed by atoms with van der Waals surface area (Å²) in [4.78, 5) is 35.4. The lowest BCUT2D eigenvalue weighted by Crippen LogP contribution is -2.38. The van der Waals surface area contributed by atoms with Gasteiger partial charge in [-0.2, -0.15) is 0 Å². The molecule has 0 aromatic heterocycles. The number of hydrogen-bond acceptors (Lipinski definition) is 6. The van der Waals surface area contributed by atoms with E-state index in [-0.39, 0.29) is 25.9 Å². The summed E-state index contributed by atoms with van der Waals surface area (Å²) in [6.45, 7) is 5.39. The number of ether oxygens (including phenoxy) is 3. The molecule has 7 heteroatoms. The highest BCUT2D eigenvalue weighted by molar-refractivity contribution is 5.74. The molecule has 1 aromatic rings. The molecule has 0 aliphatic carbocycles. The molecule has 0 radical (unpaired) electrons. The molecule has 0 saturated carbocycles. The summed E-state index contributed by atoms with van der Waals surface area (Å²) in [5, 5.41) is 2.61. The molecule has 1 amide bonds. The van der Waals surface area contributed by atoms with Gasteiger partial charge in [-0.15, -0.1) is 0 Å². The molecule has 0 aliphatic rings. The molecule has 26 heavy (non-hydrogen) atoms. The van der Waals surface area contributed by atoms with Crippen molar-refractivity contribution in [1.82, 2.24) is 5.32 Å². The minimum absolute atomic E-state index is 0.0608. The molecule has 144 valence electrons. The molecule has 0 bridgehead atoms. The second kappa shape index (κ2) is 10.4. The fraction of sp³-hybridized carbons (Fsp3) is 0.526. The fourth-order valence-corrected chi connectivity index (χ4v) is 2.14. The molecule has 0 saturated heterocycles. The summed E-state index contributed by atoms with van der Waals surface area (Å²) in [5.74, 6) is -0.880. The zero-order valence-corrected chi connectivity index (χ0v) is 15.7. The average molecular weight is 365 g/mol. The maximum Gasteiger partial charge on any atom is 0.407 e. The Bertz CT molecular complexity index is 594. The summed E-state index contributed by atoms with van der Waals surface area (Å²) in [6.07, 6.45) is -0.406. The van der Waals surface area contributed by atoms with Crippen molar-refractivity contribution in [2.45, 2.75) is 58.3 Å². The van der Waals surface area contributed by atoms with E-state index in [0.717, 1.165) is 5.56 Å². The predicted molar refractivity (Wildman–Crippen MR) is 95.3 cm³/mol. The van der Waals surface area contributed by atoms with Crippen LogP contribution in [0.25, 0.3) is 0 Å². The number of esters is 2. The second-order valence-corrected chi connectivity index (χ2v) is 6.81. The van der Waals surface area contributed by atoms with Gasteiger partial charge >= 0.3 is 18.0 Å². The van der Waals surface area contributed by atoms with Gasteiger partial charge in [0.2, 0.25) is 0 Å². The number of methoxy groups -OCH3 is 1. The van der Waals surface area contributed by atoms with Crippen LogP contribution in [0.4, 0.5) is 4.79 Å². The van der Waals surface area contributed by atoms with E-state index in [2.05, 4.69) is 10.1 Å². The Labute approximate surface area is 154 Å². The van der Waals surface area contributed by atoms with E-state index in [4.69, 9.17) is 9.47 Å². The zero-order chi connectivity index (χ0) is 19.6. The molecular formula is C19H27NO6. The molecule has 7 nitrogen and oxygen atoms in total. The summed E-state index contributed by atoms with van der Waals surface area (Å²) in [7, 11) is 1.28. The number of alkyl carbamates (subject to hydrolysis) is 1. The molecule has 1 atom stereocenters. The van der Waals surface area contributed by atoms with Gasteiger partial charge in [0.15, 0.2) is 0 Å². The van der Waals surface area contributed by atoms with Crippen LogP contribution >= 0.6 is 0 Å². The second-order valence-electron chi connectivity index (χ2n) is 6.81. The van der Waals surface area contributed by atoms with Crippen LogP contribution in [-0.4, -0.2) is 36.8 Å². The highest BCUT2D eigenvalue weighted by atomic mass is 16.6. The molecule has 1 N–H and O–H groups in total. The largest absolute Gasteiger partial charge is 0.469 e. The number of carbonyl (C=O) groups excluding carboxylic acids is 3. The highest BCUT2D eigenvalue weighted by Gasteiger charge is 2.23. The van der Waals surface area contributed by atoms with Crippen molar-refractivity contribution < 1.29 is 28.6 Å². The third-order valence-corrected chi connectivity index (χ3v) is 3.29. The van der Waals surface area contributed by atoms with Crippen molar-refractivity contribution in [3.8, 4) is 0 Å². The molecule has 0 spiro atoms. The van der Waals surface area contributed by atoms with Gasteiger partial charge in [-0.3, -0.25) is 9.59 Å². The van der Waals surface area contributed by atoms with Gasteiger partial charge in [-0.05, 0) is 32.8 Å². The van der Waals surface area contributed by atoms with Crippen molar-refractivity contribution in [2.24, 2.45) is 0 Å². The lowest BCUT2D eigenvalue weighted by atomic mass is 10.1. The number of amides is 1. The van der Waals surface area contributed by atoms with Gasteiger partial charge in [0.05, 0.1) is 13.5 Å². The molecule has 1 rings (SSSR count). The maximum atomic E-state index is 12.0. The molecule has 1 aromatic carbocycles. The molecule has 0 fully saturated rings. The van der Waals surface area contributed by atoms with Crippen LogP contribution in [0.1, 0.15) is 45.6 Å². The topological polar surface area (TPSA) is 90.9 Å². The third kappa shape index (κ3) is 9.66. The van der Waals surface area contributed by atoms with Crippen LogP contribution in [0.2, 0.25) is 0 Å².